The summed E-state index contributed by atoms with van der Waals surface area (Å²) in [7, 11) is 0. The Morgan fingerprint density at radius 1 is 1.08 bits per heavy atom. The number of hydrogen-bond acceptors (Lipinski definition) is 4. The molecule has 1 aliphatic rings. The average Bonchev–Trinajstić information content (AvgIpc) is 2.12. The lowest BCUT2D eigenvalue weighted by atomic mass is 10.0. The summed E-state index contributed by atoms with van der Waals surface area (Å²) in [5.74, 6) is -0.461. The van der Waals surface area contributed by atoms with Crippen molar-refractivity contribution in [2.24, 2.45) is 0 Å². The molecule has 0 atom stereocenters. The molecule has 13 heavy (non-hydrogen) atoms. The van der Waals surface area contributed by atoms with E-state index in [-0.39, 0.29) is 30.3 Å². The van der Waals surface area contributed by atoms with E-state index in [4.69, 9.17) is 0 Å². The van der Waals surface area contributed by atoms with Crippen LogP contribution >= 0.6 is 0 Å². The second kappa shape index (κ2) is 3.26. The summed E-state index contributed by atoms with van der Waals surface area (Å²) in [4.78, 5) is 29.6. The summed E-state index contributed by atoms with van der Waals surface area (Å²) < 4.78 is 0. The van der Waals surface area contributed by atoms with Gasteiger partial charge in [-0.3, -0.25) is 9.59 Å². The number of ketones is 2. The Morgan fingerprint density at radius 3 is 2.46 bits per heavy atom. The van der Waals surface area contributed by atoms with Gasteiger partial charge in [0.15, 0.2) is 5.78 Å². The lowest BCUT2D eigenvalue weighted by Gasteiger charge is -2.04. The quantitative estimate of drug-likeness (QED) is 0.592. The van der Waals surface area contributed by atoms with Gasteiger partial charge in [-0.05, 0) is 12.2 Å². The van der Waals surface area contributed by atoms with Gasteiger partial charge in [-0.15, -0.1) is 0 Å². The topological polar surface area (TPSA) is 59.9 Å². The monoisotopic (exact) mass is 176 g/mol. The van der Waals surface area contributed by atoms with Crippen molar-refractivity contribution in [3.63, 3.8) is 0 Å². The maximum absolute atomic E-state index is 11.1. The number of carbonyl (C=O) groups is 2. The second-order valence-electron chi connectivity index (χ2n) is 2.35. The van der Waals surface area contributed by atoms with Crippen LogP contribution in [-0.2, 0) is 0 Å². The van der Waals surface area contributed by atoms with Crippen LogP contribution in [0.5, 0.6) is 0 Å². The van der Waals surface area contributed by atoms with E-state index in [0.29, 0.717) is 0 Å². The van der Waals surface area contributed by atoms with Crippen LogP contribution in [0, 0.1) is 0 Å². The number of allylic oxidation sites excluding steroid dienone is 2. The van der Waals surface area contributed by atoms with Crippen molar-refractivity contribution in [1.29, 1.82) is 0 Å². The van der Waals surface area contributed by atoms with Crippen LogP contribution in [-0.4, -0.2) is 21.5 Å². The highest BCUT2D eigenvalue weighted by Gasteiger charge is 2.19. The number of rotatable bonds is 0. The second-order valence-corrected chi connectivity index (χ2v) is 2.35. The summed E-state index contributed by atoms with van der Waals surface area (Å²) in [6.07, 6.45) is 5.06. The minimum Gasteiger partial charge on any atom is -0.289 e. The third kappa shape index (κ3) is 1.38. The van der Waals surface area contributed by atoms with Gasteiger partial charge in [-0.2, -0.15) is 0 Å². The smallest absolute Gasteiger partial charge is 0.205 e. The van der Waals surface area contributed by atoms with Crippen LogP contribution in [0.3, 0.4) is 0 Å². The van der Waals surface area contributed by atoms with Crippen LogP contribution in [0.4, 0.5) is 0 Å². The van der Waals surface area contributed by atoms with E-state index in [1.807, 2.05) is 0 Å². The lowest BCUT2D eigenvalue weighted by Crippen LogP contribution is -2.13. The van der Waals surface area contributed by atoms with Gasteiger partial charge in [0.1, 0.15) is 12.0 Å². The predicted molar refractivity (Wildman–Crippen MR) is 46.6 cm³/mol. The molecule has 0 aliphatic heterocycles. The van der Waals surface area contributed by atoms with Crippen molar-refractivity contribution in [3.05, 3.63) is 35.9 Å². The zero-order valence-electron chi connectivity index (χ0n) is 6.02. The molecule has 0 unspecified atom stereocenters. The molecule has 0 fully saturated rings. The van der Waals surface area contributed by atoms with E-state index in [1.165, 1.54) is 24.7 Å². The SMILES string of the molecule is C.O=C1C=CC(=O)c2ncncc21. The molecule has 1 heterocycles. The standard InChI is InChI=1S/C8H4N2O2.CH4/c11-6-1-2-7(12)8-5(6)3-9-4-10-8;/h1-4H;1H4. The fraction of sp³-hybridized carbons (Fsp3) is 0.111. The van der Waals surface area contributed by atoms with Gasteiger partial charge >= 0.3 is 0 Å². The van der Waals surface area contributed by atoms with Gasteiger partial charge < -0.3 is 0 Å². The fourth-order valence-electron chi connectivity index (χ4n) is 1.03. The Morgan fingerprint density at radius 2 is 1.77 bits per heavy atom. The number of fused-ring (bicyclic) bond motifs is 1. The highest BCUT2D eigenvalue weighted by molar-refractivity contribution is 6.20. The molecule has 1 aromatic heterocycles. The first-order valence-corrected chi connectivity index (χ1v) is 3.36. The average molecular weight is 176 g/mol. The molecule has 1 aromatic rings. The van der Waals surface area contributed by atoms with E-state index < -0.39 is 0 Å². The molecule has 2 rings (SSSR count). The van der Waals surface area contributed by atoms with E-state index >= 15 is 0 Å². The Labute approximate surface area is 75.3 Å². The number of carbonyl (C=O) groups excluding carboxylic acids is 2. The molecule has 0 radical (unpaired) electrons. The van der Waals surface area contributed by atoms with Gasteiger partial charge in [0, 0.05) is 6.20 Å². The largest absolute Gasteiger partial charge is 0.289 e. The predicted octanol–water partition coefficient (Wildman–Crippen LogP) is 1.05. The third-order valence-corrected chi connectivity index (χ3v) is 1.60. The minimum absolute atomic E-state index is 0. The Balaban J connectivity index is 0.000000845. The fourth-order valence-corrected chi connectivity index (χ4v) is 1.03. The van der Waals surface area contributed by atoms with E-state index in [9.17, 15) is 9.59 Å². The van der Waals surface area contributed by atoms with Crippen molar-refractivity contribution in [2.45, 2.75) is 7.43 Å². The number of aromatic nitrogens is 2. The summed E-state index contributed by atoms with van der Waals surface area (Å²) in [6, 6.07) is 0. The molecule has 0 bridgehead atoms. The van der Waals surface area contributed by atoms with Crippen molar-refractivity contribution < 1.29 is 9.59 Å². The molecule has 4 heteroatoms. The maximum Gasteiger partial charge on any atom is 0.205 e. The van der Waals surface area contributed by atoms with Crippen LogP contribution in [0.2, 0.25) is 0 Å². The normalized spacial score (nSPS) is 13.5. The Bertz CT molecular complexity index is 359. The first kappa shape index (κ1) is 9.25. The zero-order chi connectivity index (χ0) is 8.55. The van der Waals surface area contributed by atoms with E-state index in [1.54, 1.807) is 0 Å². The summed E-state index contributed by atoms with van der Waals surface area (Å²) in [6.45, 7) is 0. The van der Waals surface area contributed by atoms with Crippen molar-refractivity contribution in [3.8, 4) is 0 Å². The molecule has 0 saturated heterocycles. The van der Waals surface area contributed by atoms with Crippen LogP contribution in [0.15, 0.2) is 24.7 Å². The molecular formula is C9H8N2O2. The molecule has 66 valence electrons. The molecule has 0 saturated carbocycles. The molecule has 1 aliphatic carbocycles. The number of hydrogen-bond donors (Lipinski definition) is 0. The molecule has 4 nitrogen and oxygen atoms in total. The van der Waals surface area contributed by atoms with Crippen LogP contribution in [0.25, 0.3) is 0 Å². The van der Waals surface area contributed by atoms with Crippen molar-refractivity contribution >= 4 is 11.6 Å². The van der Waals surface area contributed by atoms with Gasteiger partial charge in [-0.25, -0.2) is 9.97 Å². The van der Waals surface area contributed by atoms with Crippen LogP contribution < -0.4 is 0 Å². The highest BCUT2D eigenvalue weighted by Crippen LogP contribution is 2.11. The molecule has 0 amide bonds. The molecule has 0 aromatic carbocycles. The third-order valence-electron chi connectivity index (χ3n) is 1.60. The minimum atomic E-state index is -0.244. The number of nitrogens with zero attached hydrogens (tertiary/aromatic N) is 2. The first-order valence-electron chi connectivity index (χ1n) is 3.36. The van der Waals surface area contributed by atoms with Gasteiger partial charge in [0.2, 0.25) is 5.78 Å². The Kier molecular flexibility index (Phi) is 2.32. The van der Waals surface area contributed by atoms with Crippen molar-refractivity contribution in [2.75, 3.05) is 0 Å². The maximum atomic E-state index is 11.1. The molecule has 0 spiro atoms. The van der Waals surface area contributed by atoms with Crippen LogP contribution in [0.1, 0.15) is 28.3 Å². The van der Waals surface area contributed by atoms with Gasteiger partial charge in [0.05, 0.1) is 5.56 Å². The lowest BCUT2D eigenvalue weighted by molar-refractivity contribution is 0.0990. The summed E-state index contributed by atoms with van der Waals surface area (Å²) in [5, 5.41) is 0. The summed E-state index contributed by atoms with van der Waals surface area (Å²) in [5.41, 5.74) is 0.475. The van der Waals surface area contributed by atoms with Gasteiger partial charge in [-0.1, -0.05) is 7.43 Å². The first-order chi connectivity index (χ1) is 5.79. The molecule has 0 N–H and O–H groups in total. The van der Waals surface area contributed by atoms with E-state index in [2.05, 4.69) is 9.97 Å². The molecular weight excluding hydrogens is 168 g/mol. The highest BCUT2D eigenvalue weighted by atomic mass is 16.1. The Hall–Kier alpha value is -1.84. The van der Waals surface area contributed by atoms with E-state index in [0.717, 1.165) is 0 Å². The van der Waals surface area contributed by atoms with Crippen molar-refractivity contribution in [1.82, 2.24) is 9.97 Å². The van der Waals surface area contributed by atoms with Gasteiger partial charge in [0.25, 0.3) is 0 Å². The summed E-state index contributed by atoms with van der Waals surface area (Å²) >= 11 is 0. The zero-order valence-corrected chi connectivity index (χ0v) is 6.02.